The second-order valence-electron chi connectivity index (χ2n) is 5.17. The van der Waals surface area contributed by atoms with Gasteiger partial charge in [-0.2, -0.15) is 0 Å². The number of hydrogen-bond acceptors (Lipinski definition) is 4. The van der Waals surface area contributed by atoms with E-state index in [1.54, 1.807) is 11.3 Å². The molecule has 7 heteroatoms. The Kier molecular flexibility index (Phi) is 7.34. The highest BCUT2D eigenvalue weighted by Gasteiger charge is 2.04. The Morgan fingerprint density at radius 2 is 2.00 bits per heavy atom. The molecule has 0 radical (unpaired) electrons. The Bertz CT molecular complexity index is 650. The van der Waals surface area contributed by atoms with Crippen LogP contribution in [0.1, 0.15) is 22.5 Å². The molecule has 0 atom stereocenters. The van der Waals surface area contributed by atoms with Crippen LogP contribution in [0.4, 0.5) is 0 Å². The first-order valence-corrected chi connectivity index (χ1v) is 9.11. The van der Waals surface area contributed by atoms with Crippen molar-refractivity contribution in [3.05, 3.63) is 44.9 Å². The number of nitrogens with zero attached hydrogens (tertiary/aromatic N) is 2. The molecule has 0 aliphatic heterocycles. The Hall–Kier alpha value is -1.79. The summed E-state index contributed by atoms with van der Waals surface area (Å²) < 4.78 is 5.66. The van der Waals surface area contributed by atoms with Gasteiger partial charge >= 0.3 is 0 Å². The third-order valence-electron chi connectivity index (χ3n) is 3.27. The fourth-order valence-corrected chi connectivity index (χ4v) is 2.95. The maximum absolute atomic E-state index is 5.85. The average Bonchev–Trinajstić information content (AvgIpc) is 2.89. The van der Waals surface area contributed by atoms with E-state index in [9.17, 15) is 0 Å². The molecule has 2 N–H and O–H groups in total. The maximum atomic E-state index is 5.85. The second-order valence-corrected chi connectivity index (χ2v) is 6.90. The topological polar surface area (TPSA) is 58.5 Å². The quantitative estimate of drug-likeness (QED) is 0.447. The van der Waals surface area contributed by atoms with E-state index in [1.807, 2.05) is 38.1 Å². The molecule has 24 heavy (non-hydrogen) atoms. The summed E-state index contributed by atoms with van der Waals surface area (Å²) in [6.45, 7) is 8.73. The van der Waals surface area contributed by atoms with E-state index >= 15 is 0 Å². The summed E-state index contributed by atoms with van der Waals surface area (Å²) >= 11 is 7.54. The van der Waals surface area contributed by atoms with Gasteiger partial charge in [0.2, 0.25) is 0 Å². The van der Waals surface area contributed by atoms with E-state index in [0.29, 0.717) is 24.7 Å². The van der Waals surface area contributed by atoms with Crippen LogP contribution in [0.5, 0.6) is 5.75 Å². The van der Waals surface area contributed by atoms with Crippen molar-refractivity contribution < 1.29 is 4.74 Å². The molecule has 1 aromatic carbocycles. The summed E-state index contributed by atoms with van der Waals surface area (Å²) in [4.78, 5) is 10.3. The van der Waals surface area contributed by atoms with Crippen LogP contribution in [0, 0.1) is 13.8 Å². The van der Waals surface area contributed by atoms with Gasteiger partial charge in [-0.3, -0.25) is 0 Å². The molecule has 0 saturated carbocycles. The molecule has 0 bridgehead atoms. The van der Waals surface area contributed by atoms with Crippen LogP contribution in [0.2, 0.25) is 5.02 Å². The standard InChI is InChI=1S/C17H23ClN4OS/c1-4-19-17(21-11-16-22-12(2)13(3)24-16)20-9-10-23-15-7-5-14(18)6-8-15/h5-8H,4,9-11H2,1-3H3,(H2,19,20,21). The molecule has 0 aliphatic carbocycles. The minimum Gasteiger partial charge on any atom is -0.492 e. The van der Waals surface area contributed by atoms with Crippen LogP contribution >= 0.6 is 22.9 Å². The number of aryl methyl sites for hydroxylation is 2. The first-order chi connectivity index (χ1) is 11.6. The molecule has 0 amide bonds. The number of hydrogen-bond donors (Lipinski definition) is 2. The van der Waals surface area contributed by atoms with Crippen LogP contribution in [-0.4, -0.2) is 30.6 Å². The number of nitrogens with one attached hydrogen (secondary N) is 2. The van der Waals surface area contributed by atoms with Crippen molar-refractivity contribution in [2.45, 2.75) is 27.3 Å². The molecule has 0 unspecified atom stereocenters. The number of rotatable bonds is 7. The Morgan fingerprint density at radius 3 is 2.62 bits per heavy atom. The first kappa shape index (κ1) is 18.5. The number of aliphatic imine (C=N–C) groups is 1. The number of ether oxygens (including phenoxy) is 1. The smallest absolute Gasteiger partial charge is 0.191 e. The van der Waals surface area contributed by atoms with Crippen molar-refractivity contribution in [2.24, 2.45) is 4.99 Å². The Labute approximate surface area is 152 Å². The van der Waals surface area contributed by atoms with Gasteiger partial charge in [0.05, 0.1) is 18.8 Å². The SMILES string of the molecule is CCNC(=NCc1nc(C)c(C)s1)NCCOc1ccc(Cl)cc1. The molecule has 2 rings (SSSR count). The van der Waals surface area contributed by atoms with Gasteiger partial charge in [-0.05, 0) is 45.0 Å². The number of halogens is 1. The van der Waals surface area contributed by atoms with Crippen molar-refractivity contribution in [3.63, 3.8) is 0 Å². The molecular formula is C17H23ClN4OS. The predicted molar refractivity (Wildman–Crippen MR) is 101 cm³/mol. The zero-order valence-corrected chi connectivity index (χ0v) is 15.8. The van der Waals surface area contributed by atoms with Crippen molar-refractivity contribution in [1.82, 2.24) is 15.6 Å². The van der Waals surface area contributed by atoms with Crippen molar-refractivity contribution >= 4 is 28.9 Å². The lowest BCUT2D eigenvalue weighted by molar-refractivity contribution is 0.322. The van der Waals surface area contributed by atoms with Crippen molar-refractivity contribution in [2.75, 3.05) is 19.7 Å². The monoisotopic (exact) mass is 366 g/mol. The molecule has 130 valence electrons. The van der Waals surface area contributed by atoms with Gasteiger partial charge < -0.3 is 15.4 Å². The van der Waals surface area contributed by atoms with E-state index in [0.717, 1.165) is 29.0 Å². The average molecular weight is 367 g/mol. The molecule has 0 aliphatic rings. The van der Waals surface area contributed by atoms with Crippen molar-refractivity contribution in [3.8, 4) is 5.75 Å². The third-order valence-corrected chi connectivity index (χ3v) is 4.58. The zero-order valence-electron chi connectivity index (χ0n) is 14.2. The van der Waals surface area contributed by atoms with Gasteiger partial charge in [0.1, 0.15) is 17.4 Å². The van der Waals surface area contributed by atoms with Gasteiger partial charge in [-0.25, -0.2) is 9.98 Å². The summed E-state index contributed by atoms with van der Waals surface area (Å²) in [5, 5.41) is 8.21. The number of guanidine groups is 1. The maximum Gasteiger partial charge on any atom is 0.191 e. The lowest BCUT2D eigenvalue weighted by Gasteiger charge is -2.11. The van der Waals surface area contributed by atoms with Crippen LogP contribution in [0.25, 0.3) is 0 Å². The second kappa shape index (κ2) is 9.49. The summed E-state index contributed by atoms with van der Waals surface area (Å²) in [5.41, 5.74) is 1.08. The van der Waals surface area contributed by atoms with Crippen LogP contribution in [-0.2, 0) is 6.54 Å². The van der Waals surface area contributed by atoms with Gasteiger partial charge in [0.15, 0.2) is 5.96 Å². The highest BCUT2D eigenvalue weighted by molar-refractivity contribution is 7.11. The lowest BCUT2D eigenvalue weighted by Crippen LogP contribution is -2.39. The molecule has 1 aromatic heterocycles. The Balaban J connectivity index is 1.79. The highest BCUT2D eigenvalue weighted by Crippen LogP contribution is 2.17. The summed E-state index contributed by atoms with van der Waals surface area (Å²) in [6, 6.07) is 7.34. The van der Waals surface area contributed by atoms with Gasteiger partial charge in [-0.1, -0.05) is 11.6 Å². The fraction of sp³-hybridized carbons (Fsp3) is 0.412. The fourth-order valence-electron chi connectivity index (χ4n) is 1.96. The molecule has 0 spiro atoms. The molecular weight excluding hydrogens is 344 g/mol. The minimum absolute atomic E-state index is 0.543. The molecule has 0 saturated heterocycles. The Morgan fingerprint density at radius 1 is 1.25 bits per heavy atom. The normalized spacial score (nSPS) is 11.4. The number of aromatic nitrogens is 1. The molecule has 0 fully saturated rings. The molecule has 5 nitrogen and oxygen atoms in total. The first-order valence-electron chi connectivity index (χ1n) is 7.92. The highest BCUT2D eigenvalue weighted by atomic mass is 35.5. The number of benzene rings is 1. The van der Waals surface area contributed by atoms with E-state index in [-0.39, 0.29) is 0 Å². The van der Waals surface area contributed by atoms with Gasteiger partial charge in [0, 0.05) is 16.4 Å². The van der Waals surface area contributed by atoms with Crippen molar-refractivity contribution in [1.29, 1.82) is 0 Å². The zero-order chi connectivity index (χ0) is 17.4. The predicted octanol–water partition coefficient (Wildman–Crippen LogP) is 3.55. The summed E-state index contributed by atoms with van der Waals surface area (Å²) in [7, 11) is 0. The lowest BCUT2D eigenvalue weighted by atomic mass is 10.3. The van der Waals surface area contributed by atoms with E-state index in [2.05, 4.69) is 27.5 Å². The molecule has 2 aromatic rings. The summed E-state index contributed by atoms with van der Waals surface area (Å²) in [6.07, 6.45) is 0. The van der Waals surface area contributed by atoms with Crippen LogP contribution < -0.4 is 15.4 Å². The largest absolute Gasteiger partial charge is 0.492 e. The summed E-state index contributed by atoms with van der Waals surface area (Å²) in [5.74, 6) is 1.57. The minimum atomic E-state index is 0.543. The van der Waals surface area contributed by atoms with Crippen LogP contribution in [0.15, 0.2) is 29.3 Å². The number of thiazole rings is 1. The van der Waals surface area contributed by atoms with Gasteiger partial charge in [-0.15, -0.1) is 11.3 Å². The third kappa shape index (κ3) is 6.02. The van der Waals surface area contributed by atoms with E-state index < -0.39 is 0 Å². The van der Waals surface area contributed by atoms with Gasteiger partial charge in [0.25, 0.3) is 0 Å². The van der Waals surface area contributed by atoms with E-state index in [1.165, 1.54) is 4.88 Å². The van der Waals surface area contributed by atoms with Crippen LogP contribution in [0.3, 0.4) is 0 Å². The molecule has 1 heterocycles. The van der Waals surface area contributed by atoms with E-state index in [4.69, 9.17) is 16.3 Å².